The third-order valence-electron chi connectivity index (χ3n) is 2.98. The van der Waals surface area contributed by atoms with E-state index in [1.165, 1.54) is 0 Å². The summed E-state index contributed by atoms with van der Waals surface area (Å²) in [5.74, 6) is -0.0112. The number of carbonyl (C=O) groups excluding carboxylic acids is 1. The SMILES string of the molecule is COCCOCCCCNC(=O)c1cccc(O)c1C. The number of methoxy groups -OCH3 is 1. The number of ether oxygens (including phenoxy) is 2. The Morgan fingerprint density at radius 2 is 2.05 bits per heavy atom. The topological polar surface area (TPSA) is 67.8 Å². The highest BCUT2D eigenvalue weighted by Crippen LogP contribution is 2.19. The molecule has 0 aromatic heterocycles. The predicted molar refractivity (Wildman–Crippen MR) is 77.1 cm³/mol. The van der Waals surface area contributed by atoms with Crippen molar-refractivity contribution in [1.82, 2.24) is 5.32 Å². The lowest BCUT2D eigenvalue weighted by atomic mass is 10.1. The highest BCUT2D eigenvalue weighted by molar-refractivity contribution is 5.96. The molecule has 0 heterocycles. The Hall–Kier alpha value is -1.59. The van der Waals surface area contributed by atoms with Gasteiger partial charge in [0.1, 0.15) is 5.75 Å². The molecule has 0 atom stereocenters. The van der Waals surface area contributed by atoms with Crippen LogP contribution in [0.25, 0.3) is 0 Å². The molecule has 0 unspecified atom stereocenters. The maximum atomic E-state index is 11.9. The van der Waals surface area contributed by atoms with Crippen LogP contribution in [0.3, 0.4) is 0 Å². The van der Waals surface area contributed by atoms with Crippen LogP contribution in [0, 0.1) is 6.92 Å². The maximum absolute atomic E-state index is 11.9. The number of rotatable bonds is 9. The van der Waals surface area contributed by atoms with E-state index >= 15 is 0 Å². The van der Waals surface area contributed by atoms with Gasteiger partial charge in [-0.25, -0.2) is 0 Å². The summed E-state index contributed by atoms with van der Waals surface area (Å²) in [7, 11) is 1.64. The fourth-order valence-corrected chi connectivity index (χ4v) is 1.74. The van der Waals surface area contributed by atoms with Gasteiger partial charge in [0, 0.05) is 31.4 Å². The Labute approximate surface area is 119 Å². The molecule has 0 saturated carbocycles. The molecule has 1 aromatic carbocycles. The highest BCUT2D eigenvalue weighted by atomic mass is 16.5. The lowest BCUT2D eigenvalue weighted by molar-refractivity contribution is 0.0686. The Morgan fingerprint density at radius 1 is 1.25 bits per heavy atom. The summed E-state index contributed by atoms with van der Waals surface area (Å²) in [6.07, 6.45) is 1.75. The Bertz CT molecular complexity index is 420. The van der Waals surface area contributed by atoms with Gasteiger partial charge in [-0.3, -0.25) is 4.79 Å². The first-order valence-electron chi connectivity index (χ1n) is 6.80. The first-order chi connectivity index (χ1) is 9.66. The third-order valence-corrected chi connectivity index (χ3v) is 2.98. The first kappa shape index (κ1) is 16.5. The maximum Gasteiger partial charge on any atom is 0.251 e. The van der Waals surface area contributed by atoms with E-state index < -0.39 is 0 Å². The van der Waals surface area contributed by atoms with E-state index in [1.807, 2.05) is 0 Å². The number of carbonyl (C=O) groups is 1. The summed E-state index contributed by atoms with van der Waals surface area (Å²) in [4.78, 5) is 11.9. The molecule has 0 aliphatic rings. The molecule has 2 N–H and O–H groups in total. The standard InChI is InChI=1S/C15H23NO4/c1-12-13(6-5-7-14(12)17)15(18)16-8-3-4-9-20-11-10-19-2/h5-7,17H,3-4,8-11H2,1-2H3,(H,16,18). The van der Waals surface area contributed by atoms with Crippen molar-refractivity contribution in [3.8, 4) is 5.75 Å². The average molecular weight is 281 g/mol. The summed E-state index contributed by atoms with van der Waals surface area (Å²) in [5.41, 5.74) is 1.12. The number of benzene rings is 1. The van der Waals surface area contributed by atoms with E-state index in [0.29, 0.717) is 37.5 Å². The molecule has 0 fully saturated rings. The summed E-state index contributed by atoms with van der Waals surface area (Å²) in [6.45, 7) is 4.21. The number of aromatic hydroxyl groups is 1. The number of amides is 1. The van der Waals surface area contributed by atoms with Crippen LogP contribution in [0.5, 0.6) is 5.75 Å². The molecule has 0 aliphatic carbocycles. The van der Waals surface area contributed by atoms with Gasteiger partial charge in [-0.2, -0.15) is 0 Å². The van der Waals surface area contributed by atoms with Crippen LogP contribution >= 0.6 is 0 Å². The van der Waals surface area contributed by atoms with Gasteiger partial charge >= 0.3 is 0 Å². The molecule has 20 heavy (non-hydrogen) atoms. The lowest BCUT2D eigenvalue weighted by Gasteiger charge is -2.09. The van der Waals surface area contributed by atoms with Crippen molar-refractivity contribution in [2.75, 3.05) is 33.5 Å². The van der Waals surface area contributed by atoms with Gasteiger partial charge in [0.05, 0.1) is 13.2 Å². The third kappa shape index (κ3) is 5.59. The van der Waals surface area contributed by atoms with Crippen molar-refractivity contribution in [2.45, 2.75) is 19.8 Å². The van der Waals surface area contributed by atoms with E-state index in [1.54, 1.807) is 32.2 Å². The predicted octanol–water partition coefficient (Wildman–Crippen LogP) is 1.87. The summed E-state index contributed by atoms with van der Waals surface area (Å²) in [5, 5.41) is 12.4. The number of unbranched alkanes of at least 4 members (excludes halogenated alkanes) is 1. The second kappa shape index (κ2) is 9.34. The van der Waals surface area contributed by atoms with Crippen molar-refractivity contribution in [2.24, 2.45) is 0 Å². The zero-order valence-electron chi connectivity index (χ0n) is 12.1. The van der Waals surface area contributed by atoms with Crippen LogP contribution in [0.2, 0.25) is 0 Å². The number of phenols is 1. The van der Waals surface area contributed by atoms with Crippen LogP contribution in [-0.2, 0) is 9.47 Å². The Kier molecular flexibility index (Phi) is 7.69. The van der Waals surface area contributed by atoms with Gasteiger partial charge in [-0.05, 0) is 31.9 Å². The largest absolute Gasteiger partial charge is 0.508 e. The normalized spacial score (nSPS) is 10.5. The molecule has 1 aromatic rings. The van der Waals surface area contributed by atoms with Crippen molar-refractivity contribution in [3.05, 3.63) is 29.3 Å². The van der Waals surface area contributed by atoms with Crippen LogP contribution in [0.1, 0.15) is 28.8 Å². The van der Waals surface area contributed by atoms with E-state index in [0.717, 1.165) is 12.8 Å². The quantitative estimate of drug-likeness (QED) is 0.678. The second-order valence-electron chi connectivity index (χ2n) is 4.52. The highest BCUT2D eigenvalue weighted by Gasteiger charge is 2.10. The molecule has 112 valence electrons. The average Bonchev–Trinajstić information content (AvgIpc) is 2.44. The van der Waals surface area contributed by atoms with E-state index in [2.05, 4.69) is 5.32 Å². The number of nitrogens with one attached hydrogen (secondary N) is 1. The minimum absolute atomic E-state index is 0.143. The molecule has 1 rings (SSSR count). The fraction of sp³-hybridized carbons (Fsp3) is 0.533. The van der Waals surface area contributed by atoms with E-state index in [-0.39, 0.29) is 11.7 Å². The molecule has 0 aliphatic heterocycles. The molecular formula is C15H23NO4. The molecule has 0 radical (unpaired) electrons. The minimum Gasteiger partial charge on any atom is -0.508 e. The van der Waals surface area contributed by atoms with Crippen molar-refractivity contribution in [1.29, 1.82) is 0 Å². The van der Waals surface area contributed by atoms with Crippen LogP contribution < -0.4 is 5.32 Å². The van der Waals surface area contributed by atoms with Crippen LogP contribution in [0.4, 0.5) is 0 Å². The smallest absolute Gasteiger partial charge is 0.251 e. The van der Waals surface area contributed by atoms with Gasteiger partial charge in [-0.1, -0.05) is 6.07 Å². The summed E-state index contributed by atoms with van der Waals surface area (Å²) in [6, 6.07) is 4.95. The Balaban J connectivity index is 2.19. The van der Waals surface area contributed by atoms with Gasteiger partial charge < -0.3 is 19.9 Å². The molecule has 0 spiro atoms. The lowest BCUT2D eigenvalue weighted by Crippen LogP contribution is -2.25. The summed E-state index contributed by atoms with van der Waals surface area (Å²) >= 11 is 0. The molecular weight excluding hydrogens is 258 g/mol. The number of hydrogen-bond acceptors (Lipinski definition) is 4. The van der Waals surface area contributed by atoms with Gasteiger partial charge in [0.15, 0.2) is 0 Å². The number of hydrogen-bond donors (Lipinski definition) is 2. The summed E-state index contributed by atoms with van der Waals surface area (Å²) < 4.78 is 10.2. The minimum atomic E-state index is -0.154. The zero-order chi connectivity index (χ0) is 14.8. The number of phenolic OH excluding ortho intramolecular Hbond substituents is 1. The van der Waals surface area contributed by atoms with Crippen LogP contribution in [-0.4, -0.2) is 44.5 Å². The van der Waals surface area contributed by atoms with Crippen molar-refractivity contribution < 1.29 is 19.4 Å². The molecule has 0 bridgehead atoms. The molecule has 5 heteroatoms. The van der Waals surface area contributed by atoms with Crippen molar-refractivity contribution >= 4 is 5.91 Å². The zero-order valence-corrected chi connectivity index (χ0v) is 12.1. The van der Waals surface area contributed by atoms with E-state index in [9.17, 15) is 9.90 Å². The van der Waals surface area contributed by atoms with Gasteiger partial charge in [-0.15, -0.1) is 0 Å². The van der Waals surface area contributed by atoms with E-state index in [4.69, 9.17) is 9.47 Å². The fourth-order valence-electron chi connectivity index (χ4n) is 1.74. The monoisotopic (exact) mass is 281 g/mol. The van der Waals surface area contributed by atoms with Gasteiger partial charge in [0.25, 0.3) is 5.91 Å². The molecule has 0 saturated heterocycles. The Morgan fingerprint density at radius 3 is 2.80 bits per heavy atom. The van der Waals surface area contributed by atoms with Gasteiger partial charge in [0.2, 0.25) is 0 Å². The van der Waals surface area contributed by atoms with Crippen molar-refractivity contribution in [3.63, 3.8) is 0 Å². The van der Waals surface area contributed by atoms with Crippen LogP contribution in [0.15, 0.2) is 18.2 Å². The second-order valence-corrected chi connectivity index (χ2v) is 4.52. The molecule has 5 nitrogen and oxygen atoms in total. The first-order valence-corrected chi connectivity index (χ1v) is 6.80. The molecule has 1 amide bonds.